The Hall–Kier alpha value is -0.760. The Morgan fingerprint density at radius 1 is 0.969 bits per heavy atom. The summed E-state index contributed by atoms with van der Waals surface area (Å²) in [5.74, 6) is -0.399. The molecule has 0 rings (SSSR count). The number of carbonyl (C=O) groups excluding carboxylic acids is 1. The molecule has 9 heteroatoms. The number of unbranched alkanes of at least 4 members (excludes halogenated alkanes) is 8. The van der Waals surface area contributed by atoms with Crippen LogP contribution in [-0.4, -0.2) is 69.2 Å². The van der Waals surface area contributed by atoms with Gasteiger partial charge < -0.3 is 28.3 Å². The molecule has 0 bridgehead atoms. The molecule has 0 saturated heterocycles. The Morgan fingerprint density at radius 3 is 2.19 bits per heavy atom. The number of allylic oxidation sites excluding steroid dienone is 2. The molecule has 2 atom stereocenters. The number of phosphoric acid groups is 1. The molecule has 190 valence electrons. The van der Waals surface area contributed by atoms with Crippen LogP contribution in [0.2, 0.25) is 0 Å². The minimum absolute atomic E-state index is 0.00882. The molecule has 1 N–H and O–H groups in total. The van der Waals surface area contributed by atoms with E-state index in [1.165, 1.54) is 32.1 Å². The lowest BCUT2D eigenvalue weighted by molar-refractivity contribution is -0.870. The first kappa shape index (κ1) is 31.2. The zero-order valence-electron chi connectivity index (χ0n) is 20.6. The van der Waals surface area contributed by atoms with Crippen molar-refractivity contribution in [2.45, 2.75) is 83.7 Å². The van der Waals surface area contributed by atoms with Crippen LogP contribution < -0.4 is 4.89 Å². The van der Waals surface area contributed by atoms with E-state index in [-0.39, 0.29) is 13.2 Å². The van der Waals surface area contributed by atoms with E-state index in [1.807, 2.05) is 21.1 Å². The molecule has 0 spiro atoms. The van der Waals surface area contributed by atoms with Gasteiger partial charge in [0.1, 0.15) is 25.9 Å². The van der Waals surface area contributed by atoms with Crippen molar-refractivity contribution in [2.75, 3.05) is 47.5 Å². The fourth-order valence-corrected chi connectivity index (χ4v) is 3.49. The molecular formula is C23H46NO7P. The first-order chi connectivity index (χ1) is 15.1. The van der Waals surface area contributed by atoms with Gasteiger partial charge in [0.15, 0.2) is 0 Å². The molecule has 0 aromatic heterocycles. The fourth-order valence-electron chi connectivity index (χ4n) is 2.76. The van der Waals surface area contributed by atoms with E-state index >= 15 is 0 Å². The monoisotopic (exact) mass is 479 g/mol. The summed E-state index contributed by atoms with van der Waals surface area (Å²) in [5, 5.41) is 9.76. The van der Waals surface area contributed by atoms with Crippen molar-refractivity contribution in [2.24, 2.45) is 0 Å². The standard InChI is InChI=1S/C23H46NO7P/c1-5-6-7-8-9-10-11-12-13-14-15-16-17-23(26)29-20-22(25)21-31-32(27,28)30-19-18-24(2,3)4/h9-10,22,25H,5-8,11-21H2,1-4H3/b10-9-/t22-/m1/s1. The summed E-state index contributed by atoms with van der Waals surface area (Å²) in [6.07, 6.45) is 14.9. The molecule has 0 heterocycles. The van der Waals surface area contributed by atoms with E-state index in [0.29, 0.717) is 17.4 Å². The third-order valence-electron chi connectivity index (χ3n) is 4.77. The van der Waals surface area contributed by atoms with Gasteiger partial charge in [-0.25, -0.2) is 0 Å². The number of ether oxygens (including phenoxy) is 1. The normalized spacial score (nSPS) is 15.1. The SMILES string of the molecule is CCCCC/C=C\CCCCCCCC(=O)OC[C@@H](O)COP(=O)([O-])OCC[N+](C)(C)C. The van der Waals surface area contributed by atoms with Crippen molar-refractivity contribution < 1.29 is 37.6 Å². The van der Waals surface area contributed by atoms with E-state index in [2.05, 4.69) is 23.6 Å². The summed E-state index contributed by atoms with van der Waals surface area (Å²) in [6.45, 7) is 1.88. The number of quaternary nitrogens is 1. The molecule has 32 heavy (non-hydrogen) atoms. The quantitative estimate of drug-likeness (QED) is 0.0873. The summed E-state index contributed by atoms with van der Waals surface area (Å²) >= 11 is 0. The Morgan fingerprint density at radius 2 is 1.56 bits per heavy atom. The highest BCUT2D eigenvalue weighted by Gasteiger charge is 2.16. The number of carbonyl (C=O) groups is 1. The van der Waals surface area contributed by atoms with Crippen LogP contribution in [0.5, 0.6) is 0 Å². The molecule has 0 radical (unpaired) electrons. The molecule has 0 aliphatic carbocycles. The van der Waals surface area contributed by atoms with Gasteiger partial charge in [-0.15, -0.1) is 0 Å². The number of nitrogens with zero attached hydrogens (tertiary/aromatic N) is 1. The lowest BCUT2D eigenvalue weighted by atomic mass is 10.1. The van der Waals surface area contributed by atoms with Gasteiger partial charge in [0.25, 0.3) is 7.82 Å². The molecular weight excluding hydrogens is 433 g/mol. The van der Waals surface area contributed by atoms with Crippen molar-refractivity contribution in [1.82, 2.24) is 0 Å². The van der Waals surface area contributed by atoms with Crippen LogP contribution in [0.15, 0.2) is 12.2 Å². The molecule has 0 aromatic carbocycles. The number of rotatable bonds is 21. The minimum Gasteiger partial charge on any atom is -0.756 e. The summed E-state index contributed by atoms with van der Waals surface area (Å²) in [7, 11) is 1.24. The summed E-state index contributed by atoms with van der Waals surface area (Å²) in [6, 6.07) is 0. The number of aliphatic hydroxyl groups excluding tert-OH is 1. The van der Waals surface area contributed by atoms with E-state index in [1.54, 1.807) is 0 Å². The summed E-state index contributed by atoms with van der Waals surface area (Å²) in [4.78, 5) is 23.4. The highest BCUT2D eigenvalue weighted by molar-refractivity contribution is 7.45. The van der Waals surface area contributed by atoms with Crippen LogP contribution in [0.4, 0.5) is 0 Å². The number of esters is 1. The Kier molecular flexibility index (Phi) is 18.2. The second-order valence-corrected chi connectivity index (χ2v) is 10.6. The summed E-state index contributed by atoms with van der Waals surface area (Å²) in [5.41, 5.74) is 0. The number of likely N-dealkylation sites (N-methyl/N-ethyl adjacent to an activating group) is 1. The first-order valence-electron chi connectivity index (χ1n) is 11.9. The van der Waals surface area contributed by atoms with Gasteiger partial charge in [0.05, 0.1) is 27.7 Å². The number of phosphoric ester groups is 1. The Labute approximate surface area is 195 Å². The zero-order chi connectivity index (χ0) is 24.3. The van der Waals surface area contributed by atoms with Crippen LogP contribution in [-0.2, 0) is 23.1 Å². The molecule has 0 fully saturated rings. The van der Waals surface area contributed by atoms with Gasteiger partial charge in [-0.05, 0) is 32.1 Å². The minimum atomic E-state index is -4.49. The van der Waals surface area contributed by atoms with Crippen molar-refractivity contribution in [1.29, 1.82) is 0 Å². The fraction of sp³-hybridized carbons (Fsp3) is 0.870. The van der Waals surface area contributed by atoms with Crippen molar-refractivity contribution in [3.8, 4) is 0 Å². The van der Waals surface area contributed by atoms with E-state index in [0.717, 1.165) is 32.1 Å². The van der Waals surface area contributed by atoms with Gasteiger partial charge in [-0.1, -0.05) is 51.2 Å². The van der Waals surface area contributed by atoms with E-state index < -0.39 is 26.5 Å². The van der Waals surface area contributed by atoms with Gasteiger partial charge in [0, 0.05) is 6.42 Å². The van der Waals surface area contributed by atoms with Gasteiger partial charge in [-0.3, -0.25) is 9.36 Å². The maximum Gasteiger partial charge on any atom is 0.305 e. The topological polar surface area (TPSA) is 105 Å². The third-order valence-corrected chi connectivity index (χ3v) is 5.73. The molecule has 8 nitrogen and oxygen atoms in total. The molecule has 0 aliphatic rings. The second-order valence-electron chi connectivity index (χ2n) is 9.20. The number of hydrogen-bond donors (Lipinski definition) is 1. The van der Waals surface area contributed by atoms with Crippen LogP contribution in [0.3, 0.4) is 0 Å². The van der Waals surface area contributed by atoms with Gasteiger partial charge in [-0.2, -0.15) is 0 Å². The maximum absolute atomic E-state index is 11.7. The highest BCUT2D eigenvalue weighted by Crippen LogP contribution is 2.38. The lowest BCUT2D eigenvalue weighted by Crippen LogP contribution is -2.37. The van der Waals surface area contributed by atoms with Crippen molar-refractivity contribution in [3.63, 3.8) is 0 Å². The second kappa shape index (κ2) is 18.6. The van der Waals surface area contributed by atoms with Crippen molar-refractivity contribution in [3.05, 3.63) is 12.2 Å². The van der Waals surface area contributed by atoms with Crippen molar-refractivity contribution >= 4 is 13.8 Å². The predicted octanol–water partition coefficient (Wildman–Crippen LogP) is 3.97. The molecule has 0 saturated carbocycles. The summed E-state index contributed by atoms with van der Waals surface area (Å²) < 4.78 is 26.6. The van der Waals surface area contributed by atoms with Crippen LogP contribution in [0.25, 0.3) is 0 Å². The van der Waals surface area contributed by atoms with Crippen LogP contribution in [0.1, 0.15) is 77.6 Å². The van der Waals surface area contributed by atoms with Gasteiger partial charge >= 0.3 is 5.97 Å². The van der Waals surface area contributed by atoms with E-state index in [9.17, 15) is 19.4 Å². The zero-order valence-corrected chi connectivity index (χ0v) is 21.5. The average Bonchev–Trinajstić information content (AvgIpc) is 2.70. The van der Waals surface area contributed by atoms with Gasteiger partial charge in [0.2, 0.25) is 0 Å². The smallest absolute Gasteiger partial charge is 0.305 e. The molecule has 1 unspecified atom stereocenters. The third kappa shape index (κ3) is 22.4. The van der Waals surface area contributed by atoms with Crippen LogP contribution >= 0.6 is 7.82 Å². The average molecular weight is 480 g/mol. The maximum atomic E-state index is 11.7. The Bertz CT molecular complexity index is 549. The highest BCUT2D eigenvalue weighted by atomic mass is 31.2. The largest absolute Gasteiger partial charge is 0.756 e. The first-order valence-corrected chi connectivity index (χ1v) is 13.4. The number of hydrogen-bond acceptors (Lipinski definition) is 7. The van der Waals surface area contributed by atoms with Crippen LogP contribution in [0, 0.1) is 0 Å². The molecule has 0 amide bonds. The predicted molar refractivity (Wildman–Crippen MR) is 125 cm³/mol. The number of aliphatic hydroxyl groups is 1. The molecule has 0 aromatic rings. The van der Waals surface area contributed by atoms with E-state index in [4.69, 9.17) is 9.26 Å². The lowest BCUT2D eigenvalue weighted by Gasteiger charge is -2.27. The molecule has 0 aliphatic heterocycles. The Balaban J connectivity index is 3.66.